The van der Waals surface area contributed by atoms with Gasteiger partial charge in [0.15, 0.2) is 6.10 Å². The molecule has 6 nitrogen and oxygen atoms in total. The number of esters is 2. The van der Waals surface area contributed by atoms with E-state index in [1.54, 1.807) is 6.92 Å². The van der Waals surface area contributed by atoms with E-state index in [4.69, 9.17) is 5.53 Å². The molecule has 1 atom stereocenters. The van der Waals surface area contributed by atoms with Gasteiger partial charge in [0.1, 0.15) is 0 Å². The lowest BCUT2D eigenvalue weighted by molar-refractivity contribution is -0.164. The molecule has 0 aromatic rings. The zero-order valence-electron chi connectivity index (χ0n) is 8.60. The van der Waals surface area contributed by atoms with Crippen molar-refractivity contribution in [3.05, 3.63) is 18.2 Å². The molecular weight excluding hydrogens is 200 g/mol. The van der Waals surface area contributed by atoms with Crippen LogP contribution in [0, 0.1) is 0 Å². The van der Waals surface area contributed by atoms with E-state index in [0.717, 1.165) is 6.08 Å². The molecule has 0 aromatic carbocycles. The van der Waals surface area contributed by atoms with Crippen LogP contribution in [0.15, 0.2) is 12.7 Å². The molecule has 0 aliphatic heterocycles. The first-order valence-electron chi connectivity index (χ1n) is 4.28. The lowest BCUT2D eigenvalue weighted by Crippen LogP contribution is -2.29. The Bertz CT molecular complexity index is 318. The highest BCUT2D eigenvalue weighted by atomic mass is 16.6. The van der Waals surface area contributed by atoms with E-state index in [1.165, 1.54) is 6.92 Å². The van der Waals surface area contributed by atoms with Crippen LogP contribution in [0.1, 0.15) is 13.8 Å². The molecule has 0 heterocycles. The molecule has 0 fully saturated rings. The third kappa shape index (κ3) is 4.19. The molecule has 0 N–H and O–H groups in total. The summed E-state index contributed by atoms with van der Waals surface area (Å²) in [5.41, 5.74) is 7.98. The minimum Gasteiger partial charge on any atom is -0.463 e. The van der Waals surface area contributed by atoms with Gasteiger partial charge in [-0.3, -0.25) is 0 Å². The number of rotatable bonds is 5. The van der Waals surface area contributed by atoms with Crippen LogP contribution in [-0.2, 0) is 19.1 Å². The molecule has 82 valence electrons. The lowest BCUT2D eigenvalue weighted by atomic mass is 10.3. The van der Waals surface area contributed by atoms with Crippen molar-refractivity contribution in [3.8, 4) is 0 Å². The summed E-state index contributed by atoms with van der Waals surface area (Å²) in [6.45, 7) is 6.42. The standard InChI is InChI=1S/C9H12N2O4/c1-4-7(11-10)9(13)15-6(3)8(12)14-5-2/h4,6H,1,5H2,2-3H3/t6-/m0/s1. The number of hydrogen-bond acceptors (Lipinski definition) is 4. The molecule has 0 rings (SSSR count). The zero-order valence-corrected chi connectivity index (χ0v) is 8.60. The summed E-state index contributed by atoms with van der Waals surface area (Å²) in [4.78, 5) is 24.8. The molecule has 0 radical (unpaired) electrons. The maximum absolute atomic E-state index is 11.1. The monoisotopic (exact) mass is 212 g/mol. The van der Waals surface area contributed by atoms with Gasteiger partial charge in [-0.25, -0.2) is 9.59 Å². The Hall–Kier alpha value is -1.94. The summed E-state index contributed by atoms with van der Waals surface area (Å²) >= 11 is 0. The van der Waals surface area contributed by atoms with E-state index in [9.17, 15) is 9.59 Å². The summed E-state index contributed by atoms with van der Waals surface area (Å²) in [5, 5.41) is 0. The van der Waals surface area contributed by atoms with Crippen LogP contribution in [0.5, 0.6) is 0 Å². The van der Waals surface area contributed by atoms with Gasteiger partial charge in [0.2, 0.25) is 0 Å². The minimum absolute atomic E-state index is 0.198. The van der Waals surface area contributed by atoms with E-state index in [1.807, 2.05) is 0 Å². The van der Waals surface area contributed by atoms with E-state index in [0.29, 0.717) is 0 Å². The summed E-state index contributed by atoms with van der Waals surface area (Å²) in [5.74, 6) is -1.60. The molecule has 0 aliphatic carbocycles. The molecule has 0 aromatic heterocycles. The van der Waals surface area contributed by atoms with E-state index < -0.39 is 18.0 Å². The molecule has 0 bridgehead atoms. The van der Waals surface area contributed by atoms with Gasteiger partial charge in [-0.15, -0.1) is 0 Å². The van der Waals surface area contributed by atoms with Crippen LogP contribution in [0.2, 0.25) is 0 Å². The fourth-order valence-corrected chi connectivity index (χ4v) is 0.694. The number of ether oxygens (including phenoxy) is 2. The molecule has 0 aliphatic rings. The Morgan fingerprint density at radius 1 is 1.60 bits per heavy atom. The normalized spacial score (nSPS) is 10.8. The third-order valence-electron chi connectivity index (χ3n) is 1.41. The molecular formula is C9H12N2O4. The van der Waals surface area contributed by atoms with Crippen molar-refractivity contribution in [3.63, 3.8) is 0 Å². The van der Waals surface area contributed by atoms with Crippen molar-refractivity contribution in [2.75, 3.05) is 6.61 Å². The highest BCUT2D eigenvalue weighted by Crippen LogP contribution is 1.96. The van der Waals surface area contributed by atoms with Crippen molar-refractivity contribution < 1.29 is 23.9 Å². The minimum atomic E-state index is -1.05. The summed E-state index contributed by atoms with van der Waals surface area (Å²) in [7, 11) is 0. The Labute approximate surface area is 87.1 Å². The van der Waals surface area contributed by atoms with E-state index >= 15 is 0 Å². The molecule has 0 saturated carbocycles. The number of carbonyl (C=O) groups is 2. The summed E-state index contributed by atoms with van der Waals surface area (Å²) in [6, 6.07) is 0. The van der Waals surface area contributed by atoms with E-state index in [-0.39, 0.29) is 12.3 Å². The quantitative estimate of drug-likeness (QED) is 0.284. The van der Waals surface area contributed by atoms with Crippen molar-refractivity contribution in [1.82, 2.24) is 0 Å². The predicted molar refractivity (Wildman–Crippen MR) is 51.0 cm³/mol. The molecule has 0 saturated heterocycles. The maximum atomic E-state index is 11.1. The molecule has 0 amide bonds. The van der Waals surface area contributed by atoms with Gasteiger partial charge in [-0.2, -0.15) is 4.79 Å². The zero-order chi connectivity index (χ0) is 11.8. The predicted octanol–water partition coefficient (Wildman–Crippen LogP) is 0.338. The maximum Gasteiger partial charge on any atom is 0.422 e. The first kappa shape index (κ1) is 13.1. The van der Waals surface area contributed by atoms with Gasteiger partial charge >= 0.3 is 17.7 Å². The second-order valence-electron chi connectivity index (χ2n) is 2.49. The Morgan fingerprint density at radius 2 is 2.20 bits per heavy atom. The Balaban J connectivity index is 4.35. The van der Waals surface area contributed by atoms with Crippen molar-refractivity contribution >= 4 is 17.7 Å². The highest BCUT2D eigenvalue weighted by Gasteiger charge is 2.25. The Kier molecular flexibility index (Phi) is 5.66. The Morgan fingerprint density at radius 3 is 2.60 bits per heavy atom. The second kappa shape index (κ2) is 6.50. The van der Waals surface area contributed by atoms with E-state index in [2.05, 4.69) is 20.8 Å². The van der Waals surface area contributed by atoms with Gasteiger partial charge in [-0.05, 0) is 13.8 Å². The van der Waals surface area contributed by atoms with Gasteiger partial charge in [0.05, 0.1) is 6.61 Å². The first-order valence-corrected chi connectivity index (χ1v) is 4.28. The van der Waals surface area contributed by atoms with Crippen LogP contribution < -0.4 is 0 Å². The number of carbonyl (C=O) groups excluding carboxylic acids is 2. The summed E-state index contributed by atoms with van der Waals surface area (Å²) < 4.78 is 9.24. The first-order chi connectivity index (χ1) is 7.06. The highest BCUT2D eigenvalue weighted by molar-refractivity contribution is 6.38. The third-order valence-corrected chi connectivity index (χ3v) is 1.41. The van der Waals surface area contributed by atoms with Gasteiger partial charge in [0.25, 0.3) is 0 Å². The summed E-state index contributed by atoms with van der Waals surface area (Å²) in [6.07, 6.45) is -0.0330. The average molecular weight is 212 g/mol. The lowest BCUT2D eigenvalue weighted by Gasteiger charge is -2.09. The van der Waals surface area contributed by atoms with Crippen molar-refractivity contribution in [2.24, 2.45) is 0 Å². The number of hydrogen-bond donors (Lipinski definition) is 0. The average Bonchev–Trinajstić information content (AvgIpc) is 2.19. The topological polar surface area (TPSA) is 89.0 Å². The fraction of sp³-hybridized carbons (Fsp3) is 0.444. The van der Waals surface area contributed by atoms with Gasteiger partial charge in [-0.1, -0.05) is 6.58 Å². The van der Waals surface area contributed by atoms with Crippen LogP contribution in [0.25, 0.3) is 5.53 Å². The smallest absolute Gasteiger partial charge is 0.422 e. The molecule has 0 unspecified atom stereocenters. The molecule has 6 heteroatoms. The largest absolute Gasteiger partial charge is 0.463 e. The van der Waals surface area contributed by atoms with Crippen LogP contribution >= 0.6 is 0 Å². The molecule has 15 heavy (non-hydrogen) atoms. The number of nitrogens with zero attached hydrogens (tertiary/aromatic N) is 2. The van der Waals surface area contributed by atoms with Crippen LogP contribution in [0.4, 0.5) is 0 Å². The fourth-order valence-electron chi connectivity index (χ4n) is 0.694. The molecule has 0 spiro atoms. The second-order valence-corrected chi connectivity index (χ2v) is 2.49. The van der Waals surface area contributed by atoms with Gasteiger partial charge in [0, 0.05) is 6.08 Å². The van der Waals surface area contributed by atoms with Crippen molar-refractivity contribution in [1.29, 1.82) is 0 Å². The van der Waals surface area contributed by atoms with Crippen LogP contribution in [-0.4, -0.2) is 35.2 Å². The SMILES string of the molecule is C=CC(=[N+]=[N-])C(=O)O[C@@H](C)C(=O)OCC. The van der Waals surface area contributed by atoms with Crippen LogP contribution in [0.3, 0.4) is 0 Å². The van der Waals surface area contributed by atoms with Crippen molar-refractivity contribution in [2.45, 2.75) is 20.0 Å². The van der Waals surface area contributed by atoms with Gasteiger partial charge < -0.3 is 15.0 Å².